The van der Waals surface area contributed by atoms with Gasteiger partial charge in [0.1, 0.15) is 5.69 Å². The highest BCUT2D eigenvalue weighted by molar-refractivity contribution is 6.30. The first-order valence-corrected chi connectivity index (χ1v) is 9.93. The zero-order valence-corrected chi connectivity index (χ0v) is 17.7. The van der Waals surface area contributed by atoms with E-state index in [0.29, 0.717) is 23.3 Å². The van der Waals surface area contributed by atoms with E-state index < -0.39 is 0 Å². The molecule has 0 aliphatic carbocycles. The number of hydrogen-bond donors (Lipinski definition) is 4. The molecule has 1 aromatic heterocycles. The largest absolute Gasteiger partial charge is 0.353 e. The molecule has 2 aromatic rings. The SMILES string of the molecule is CC(N)CNc1nc(Nc2cccc(Cl)c2)c2c(n1)N(C(C)C)NN2C(C)C. The van der Waals surface area contributed by atoms with Crippen molar-refractivity contribution in [3.05, 3.63) is 29.3 Å². The Hall–Kier alpha value is -2.29. The summed E-state index contributed by atoms with van der Waals surface area (Å²) in [6.45, 7) is 11.0. The van der Waals surface area contributed by atoms with Gasteiger partial charge in [0.25, 0.3) is 0 Å². The fourth-order valence-electron chi connectivity index (χ4n) is 2.90. The predicted molar refractivity (Wildman–Crippen MR) is 117 cm³/mol. The van der Waals surface area contributed by atoms with Crippen LogP contribution in [0.4, 0.5) is 29.0 Å². The zero-order chi connectivity index (χ0) is 20.4. The van der Waals surface area contributed by atoms with Gasteiger partial charge in [0.05, 0.1) is 0 Å². The third-order valence-corrected chi connectivity index (χ3v) is 4.49. The van der Waals surface area contributed by atoms with Crippen LogP contribution in [0, 0.1) is 0 Å². The quantitative estimate of drug-likeness (QED) is 0.557. The van der Waals surface area contributed by atoms with Crippen LogP contribution < -0.4 is 31.9 Å². The molecule has 3 rings (SSSR count). The molecule has 1 atom stereocenters. The van der Waals surface area contributed by atoms with Crippen LogP contribution in [-0.2, 0) is 0 Å². The molecule has 8 nitrogen and oxygen atoms in total. The van der Waals surface area contributed by atoms with Gasteiger partial charge in [0.2, 0.25) is 5.95 Å². The number of anilines is 5. The fraction of sp³-hybridized carbons (Fsp3) is 0.474. The highest BCUT2D eigenvalue weighted by Gasteiger charge is 2.34. The van der Waals surface area contributed by atoms with Gasteiger partial charge in [0, 0.05) is 35.4 Å². The summed E-state index contributed by atoms with van der Waals surface area (Å²) in [5.74, 6) is 2.04. The normalized spacial score (nSPS) is 14.6. The summed E-state index contributed by atoms with van der Waals surface area (Å²) >= 11 is 6.16. The lowest BCUT2D eigenvalue weighted by molar-refractivity contribution is 0.524. The van der Waals surface area contributed by atoms with Crippen LogP contribution >= 0.6 is 11.6 Å². The van der Waals surface area contributed by atoms with Gasteiger partial charge in [-0.15, -0.1) is 5.53 Å². The first-order chi connectivity index (χ1) is 13.3. The van der Waals surface area contributed by atoms with Crippen LogP contribution in [0.1, 0.15) is 34.6 Å². The molecule has 5 N–H and O–H groups in total. The van der Waals surface area contributed by atoms with Crippen molar-refractivity contribution in [3.63, 3.8) is 0 Å². The Kier molecular flexibility index (Phi) is 6.12. The summed E-state index contributed by atoms with van der Waals surface area (Å²) in [6, 6.07) is 7.97. The average molecular weight is 405 g/mol. The third kappa shape index (κ3) is 4.40. The number of benzene rings is 1. The zero-order valence-electron chi connectivity index (χ0n) is 17.0. The van der Waals surface area contributed by atoms with E-state index in [1.54, 1.807) is 0 Å². The summed E-state index contributed by atoms with van der Waals surface area (Å²) in [7, 11) is 0. The van der Waals surface area contributed by atoms with Crippen molar-refractivity contribution in [1.82, 2.24) is 15.5 Å². The van der Waals surface area contributed by atoms with Crippen LogP contribution in [0.15, 0.2) is 24.3 Å². The molecule has 0 saturated carbocycles. The monoisotopic (exact) mass is 404 g/mol. The molecule has 1 aliphatic heterocycles. The van der Waals surface area contributed by atoms with Crippen LogP contribution in [-0.4, -0.2) is 34.6 Å². The van der Waals surface area contributed by atoms with Crippen molar-refractivity contribution in [2.45, 2.75) is 52.7 Å². The minimum atomic E-state index is -0.00677. The summed E-state index contributed by atoms with van der Waals surface area (Å²) in [5.41, 5.74) is 11.1. The molecule has 0 spiro atoms. The van der Waals surface area contributed by atoms with Crippen molar-refractivity contribution in [2.24, 2.45) is 5.73 Å². The van der Waals surface area contributed by atoms with Crippen molar-refractivity contribution in [2.75, 3.05) is 27.2 Å². The molecule has 0 saturated heterocycles. The Morgan fingerprint density at radius 2 is 1.82 bits per heavy atom. The smallest absolute Gasteiger partial charge is 0.226 e. The lowest BCUT2D eigenvalue weighted by Gasteiger charge is -2.27. The van der Waals surface area contributed by atoms with Crippen molar-refractivity contribution in [3.8, 4) is 0 Å². The summed E-state index contributed by atoms with van der Waals surface area (Å²) in [5, 5.41) is 11.4. The lowest BCUT2D eigenvalue weighted by Crippen LogP contribution is -2.50. The molecule has 0 bridgehead atoms. The summed E-state index contributed by atoms with van der Waals surface area (Å²) < 4.78 is 0. The molecule has 0 radical (unpaired) electrons. The molecule has 0 fully saturated rings. The standard InChI is InChI=1S/C19H29ClN8/c1-11(2)27-16-17(23-15-8-6-7-14(20)9-15)24-19(22-10-13(5)21)25-18(16)28(26-27)12(3)4/h6-9,11-13,26H,10,21H2,1-5H3,(H2,22,23,24,25). The minimum absolute atomic E-state index is 0.00677. The van der Waals surface area contributed by atoms with Gasteiger partial charge >= 0.3 is 0 Å². The number of nitrogens with one attached hydrogen (secondary N) is 3. The van der Waals surface area contributed by atoms with Gasteiger partial charge in [-0.2, -0.15) is 9.97 Å². The van der Waals surface area contributed by atoms with Crippen LogP contribution in [0.2, 0.25) is 5.02 Å². The van der Waals surface area contributed by atoms with Crippen molar-refractivity contribution < 1.29 is 0 Å². The molecule has 0 amide bonds. The molecule has 152 valence electrons. The Labute approximate surface area is 171 Å². The Balaban J connectivity index is 2.08. The summed E-state index contributed by atoms with van der Waals surface area (Å²) in [4.78, 5) is 9.49. The molecule has 1 aliphatic rings. The number of fused-ring (bicyclic) bond motifs is 1. The molecular weight excluding hydrogens is 376 g/mol. The van der Waals surface area contributed by atoms with Gasteiger partial charge in [-0.25, -0.2) is 0 Å². The van der Waals surface area contributed by atoms with E-state index in [1.807, 2.05) is 36.2 Å². The number of aromatic nitrogens is 2. The topological polar surface area (TPSA) is 94.4 Å². The second kappa shape index (κ2) is 8.38. The number of hydrazine groups is 2. The van der Waals surface area contributed by atoms with Gasteiger partial charge in [-0.05, 0) is 52.8 Å². The first-order valence-electron chi connectivity index (χ1n) is 9.55. The van der Waals surface area contributed by atoms with Gasteiger partial charge < -0.3 is 16.4 Å². The third-order valence-electron chi connectivity index (χ3n) is 4.25. The maximum Gasteiger partial charge on any atom is 0.226 e. The molecular formula is C19H29ClN8. The Bertz CT molecular complexity index is 824. The average Bonchev–Trinajstić information content (AvgIpc) is 3.00. The van der Waals surface area contributed by atoms with Crippen molar-refractivity contribution >= 4 is 40.6 Å². The maximum absolute atomic E-state index is 6.16. The molecule has 1 unspecified atom stereocenters. The lowest BCUT2D eigenvalue weighted by atomic mass is 10.2. The molecule has 2 heterocycles. The molecule has 1 aromatic carbocycles. The highest BCUT2D eigenvalue weighted by Crippen LogP contribution is 2.41. The van der Waals surface area contributed by atoms with E-state index in [9.17, 15) is 0 Å². The van der Waals surface area contributed by atoms with Gasteiger partial charge in [-0.1, -0.05) is 17.7 Å². The molecule has 9 heteroatoms. The first kappa shape index (κ1) is 20.4. The van der Waals surface area contributed by atoms with Crippen LogP contribution in [0.25, 0.3) is 0 Å². The fourth-order valence-corrected chi connectivity index (χ4v) is 3.09. The van der Waals surface area contributed by atoms with E-state index in [0.717, 1.165) is 17.2 Å². The van der Waals surface area contributed by atoms with E-state index >= 15 is 0 Å². The minimum Gasteiger partial charge on any atom is -0.353 e. The van der Waals surface area contributed by atoms with E-state index in [2.05, 4.69) is 48.9 Å². The molecule has 28 heavy (non-hydrogen) atoms. The van der Waals surface area contributed by atoms with Crippen LogP contribution in [0.3, 0.4) is 0 Å². The summed E-state index contributed by atoms with van der Waals surface area (Å²) in [6.07, 6.45) is 0. The van der Waals surface area contributed by atoms with Crippen molar-refractivity contribution in [1.29, 1.82) is 0 Å². The maximum atomic E-state index is 6.16. The van der Waals surface area contributed by atoms with Gasteiger partial charge in [0.15, 0.2) is 11.6 Å². The number of nitrogens with zero attached hydrogens (tertiary/aromatic N) is 4. The number of rotatable bonds is 7. The van der Waals surface area contributed by atoms with E-state index in [4.69, 9.17) is 27.3 Å². The second-order valence-electron chi connectivity index (χ2n) is 7.59. The second-order valence-corrected chi connectivity index (χ2v) is 8.03. The highest BCUT2D eigenvalue weighted by atomic mass is 35.5. The predicted octanol–water partition coefficient (Wildman–Crippen LogP) is 3.50. The Morgan fingerprint density at radius 1 is 1.11 bits per heavy atom. The van der Waals surface area contributed by atoms with Crippen LogP contribution in [0.5, 0.6) is 0 Å². The number of halogens is 1. The van der Waals surface area contributed by atoms with Gasteiger partial charge in [-0.3, -0.25) is 10.0 Å². The Morgan fingerprint density at radius 3 is 2.43 bits per heavy atom. The number of nitrogens with two attached hydrogens (primary N) is 1. The van der Waals surface area contributed by atoms with E-state index in [-0.39, 0.29) is 18.1 Å². The van der Waals surface area contributed by atoms with E-state index in [1.165, 1.54) is 0 Å². The number of hydrogen-bond acceptors (Lipinski definition) is 8.